The molecular weight excluding hydrogens is 675 g/mol. The lowest BCUT2D eigenvalue weighted by atomic mass is 9.52. The summed E-state index contributed by atoms with van der Waals surface area (Å²) >= 11 is 0. The number of rotatable bonds is 8. The van der Waals surface area contributed by atoms with Crippen LogP contribution in [0.2, 0.25) is 0 Å². The molecule has 0 saturated carbocycles. The zero-order valence-electron chi connectivity index (χ0n) is 33.6. The molecule has 2 aromatic heterocycles. The van der Waals surface area contributed by atoms with Gasteiger partial charge >= 0.3 is 0 Å². The normalized spacial score (nSPS) is 24.6. The van der Waals surface area contributed by atoms with Crippen LogP contribution in [-0.2, 0) is 5.41 Å². The second-order valence-electron chi connectivity index (χ2n) is 16.8. The molecule has 55 heavy (non-hydrogen) atoms. The Balaban J connectivity index is 1.09. The number of hydrogen-bond acceptors (Lipinski definition) is 6. The molecule has 0 radical (unpaired) electrons. The van der Waals surface area contributed by atoms with Crippen molar-refractivity contribution >= 4 is 44.8 Å². The highest BCUT2D eigenvalue weighted by molar-refractivity contribution is 6.09. The number of aryl methyl sites for hydroxylation is 2. The van der Waals surface area contributed by atoms with Crippen LogP contribution in [0.4, 0.5) is 22.9 Å². The summed E-state index contributed by atoms with van der Waals surface area (Å²) in [6, 6.07) is 31.1. The molecule has 0 fully saturated rings. The maximum absolute atomic E-state index is 6.68. The monoisotopic (exact) mass is 729 g/mol. The van der Waals surface area contributed by atoms with E-state index in [-0.39, 0.29) is 17.0 Å². The van der Waals surface area contributed by atoms with Crippen molar-refractivity contribution in [2.75, 3.05) is 21.7 Å². The molecule has 5 heterocycles. The Hall–Kier alpha value is -5.10. The first-order valence-corrected chi connectivity index (χ1v) is 20.6. The summed E-state index contributed by atoms with van der Waals surface area (Å²) in [7, 11) is 2.26. The number of furan rings is 1. The highest BCUT2D eigenvalue weighted by atomic mass is 16.3. The minimum Gasteiger partial charge on any atom is -0.454 e. The van der Waals surface area contributed by atoms with Gasteiger partial charge in [-0.2, -0.15) is 0 Å². The molecule has 4 aromatic carbocycles. The molecule has 5 unspecified atom stereocenters. The first-order chi connectivity index (χ1) is 26.7. The number of para-hydroxylation sites is 2. The third-order valence-electron chi connectivity index (χ3n) is 14.2. The molecule has 3 aliphatic heterocycles. The van der Waals surface area contributed by atoms with Crippen molar-refractivity contribution in [3.05, 3.63) is 120 Å². The lowest BCUT2D eigenvalue weighted by molar-refractivity contribution is 0.0679. The van der Waals surface area contributed by atoms with Crippen molar-refractivity contribution in [3.8, 4) is 11.4 Å². The Morgan fingerprint density at radius 1 is 0.855 bits per heavy atom. The molecule has 0 aliphatic carbocycles. The standard InChI is InChI=1S/C49H55N5O/c1-8-48(6)47-52(7)41-31-50-45(35-21-11-10-19-32(35)3)51-46(41)54(47)40-24-14-13-23-38(40)49(48,9-2)29-18-25-39-33(4)20-16-17-30-53(39)43-34(5)27-28-37-36-22-12-15-26-42(36)55-44(37)43/h10-15,17,19,21-24,26-28,30-31,33,39,47H,8-9,16,18,20,25,29H2,1-7H3. The van der Waals surface area contributed by atoms with E-state index in [1.54, 1.807) is 0 Å². The zero-order chi connectivity index (χ0) is 38.1. The Bertz CT molecular complexity index is 2430. The maximum atomic E-state index is 6.68. The van der Waals surface area contributed by atoms with Gasteiger partial charge in [-0.1, -0.05) is 113 Å². The van der Waals surface area contributed by atoms with Gasteiger partial charge in [0.2, 0.25) is 0 Å². The number of anilines is 4. The van der Waals surface area contributed by atoms with E-state index in [0.717, 1.165) is 72.6 Å². The van der Waals surface area contributed by atoms with Crippen molar-refractivity contribution < 1.29 is 4.42 Å². The van der Waals surface area contributed by atoms with Crippen LogP contribution in [0.15, 0.2) is 108 Å². The van der Waals surface area contributed by atoms with Gasteiger partial charge < -0.3 is 19.1 Å². The van der Waals surface area contributed by atoms with Crippen LogP contribution < -0.4 is 14.7 Å². The molecule has 0 N–H and O–H groups in total. The Labute approximate surface area is 326 Å². The van der Waals surface area contributed by atoms with Crippen molar-refractivity contribution in [1.82, 2.24) is 9.97 Å². The van der Waals surface area contributed by atoms with Crippen molar-refractivity contribution in [2.45, 2.75) is 104 Å². The van der Waals surface area contributed by atoms with E-state index in [9.17, 15) is 0 Å². The van der Waals surface area contributed by atoms with Gasteiger partial charge in [0.1, 0.15) is 17.4 Å². The largest absolute Gasteiger partial charge is 0.454 e. The number of fused-ring (bicyclic) bond motifs is 8. The van der Waals surface area contributed by atoms with E-state index < -0.39 is 0 Å². The predicted octanol–water partition coefficient (Wildman–Crippen LogP) is 12.6. The van der Waals surface area contributed by atoms with Crippen LogP contribution >= 0.6 is 0 Å². The van der Waals surface area contributed by atoms with Gasteiger partial charge in [-0.25, -0.2) is 9.97 Å². The minimum absolute atomic E-state index is 0.0363. The van der Waals surface area contributed by atoms with Gasteiger partial charge in [-0.3, -0.25) is 0 Å². The van der Waals surface area contributed by atoms with Crippen LogP contribution in [0, 0.1) is 25.2 Å². The van der Waals surface area contributed by atoms with Crippen LogP contribution in [0.25, 0.3) is 33.3 Å². The Kier molecular flexibility index (Phi) is 8.79. The molecule has 5 atom stereocenters. The maximum Gasteiger partial charge on any atom is 0.162 e. The van der Waals surface area contributed by atoms with E-state index >= 15 is 0 Å². The average molecular weight is 730 g/mol. The number of benzene rings is 4. The van der Waals surface area contributed by atoms with Crippen LogP contribution in [0.5, 0.6) is 0 Å². The van der Waals surface area contributed by atoms with Crippen molar-refractivity contribution in [3.63, 3.8) is 0 Å². The minimum atomic E-state index is -0.0699. The molecule has 3 aliphatic rings. The fraction of sp³-hybridized carbons (Fsp3) is 0.388. The molecule has 6 heteroatoms. The lowest BCUT2D eigenvalue weighted by Gasteiger charge is -2.60. The SMILES string of the molecule is CCC1(CCCC2C(C)CCC=CN2c2c(C)ccc3c2oc2ccccc23)c2ccccc2N2c3nc(-c4ccccc4C)ncc3N(C)C2C1(C)CC. The third kappa shape index (κ3) is 5.27. The lowest BCUT2D eigenvalue weighted by Crippen LogP contribution is -2.63. The molecule has 0 spiro atoms. The third-order valence-corrected chi connectivity index (χ3v) is 14.2. The molecule has 282 valence electrons. The summed E-state index contributed by atoms with van der Waals surface area (Å²) in [6.07, 6.45) is 14.7. The van der Waals surface area contributed by atoms with Gasteiger partial charge in [-0.15, -0.1) is 0 Å². The Morgan fingerprint density at radius 2 is 1.64 bits per heavy atom. The molecule has 6 nitrogen and oxygen atoms in total. The van der Waals surface area contributed by atoms with Crippen LogP contribution in [0.1, 0.15) is 89.3 Å². The van der Waals surface area contributed by atoms with Gasteiger partial charge in [0.15, 0.2) is 17.2 Å². The molecule has 9 rings (SSSR count). The number of nitrogens with zero attached hydrogens (tertiary/aromatic N) is 5. The summed E-state index contributed by atoms with van der Waals surface area (Å²) in [6.45, 7) is 14.3. The number of aromatic nitrogens is 2. The van der Waals surface area contributed by atoms with Crippen LogP contribution in [0.3, 0.4) is 0 Å². The van der Waals surface area contributed by atoms with E-state index in [0.29, 0.717) is 12.0 Å². The Morgan fingerprint density at radius 3 is 2.45 bits per heavy atom. The van der Waals surface area contributed by atoms with Gasteiger partial charge in [0.25, 0.3) is 0 Å². The molecular formula is C49H55N5O. The van der Waals surface area contributed by atoms with E-state index in [4.69, 9.17) is 14.4 Å². The van der Waals surface area contributed by atoms with Crippen molar-refractivity contribution in [1.29, 1.82) is 0 Å². The second-order valence-corrected chi connectivity index (χ2v) is 16.8. The summed E-state index contributed by atoms with van der Waals surface area (Å²) in [4.78, 5) is 18.0. The zero-order valence-corrected chi connectivity index (χ0v) is 33.6. The highest BCUT2D eigenvalue weighted by Gasteiger charge is 2.61. The van der Waals surface area contributed by atoms with Crippen molar-refractivity contribution in [2.24, 2.45) is 11.3 Å². The summed E-state index contributed by atoms with van der Waals surface area (Å²) in [5, 5.41) is 2.39. The molecule has 6 aromatic rings. The van der Waals surface area contributed by atoms with Gasteiger partial charge in [-0.05, 0) is 87.1 Å². The van der Waals surface area contributed by atoms with E-state index in [1.807, 2.05) is 0 Å². The summed E-state index contributed by atoms with van der Waals surface area (Å²) in [5.74, 6) is 2.34. The fourth-order valence-corrected chi connectivity index (χ4v) is 11.1. The number of allylic oxidation sites excluding steroid dienone is 1. The molecule has 0 amide bonds. The highest BCUT2D eigenvalue weighted by Crippen LogP contribution is 2.64. The topological polar surface area (TPSA) is 48.6 Å². The summed E-state index contributed by atoms with van der Waals surface area (Å²) in [5.41, 5.74) is 10.5. The molecule has 0 saturated heterocycles. The van der Waals surface area contributed by atoms with Crippen LogP contribution in [-0.4, -0.2) is 29.2 Å². The smallest absolute Gasteiger partial charge is 0.162 e. The second kappa shape index (κ2) is 13.6. The van der Waals surface area contributed by atoms with Gasteiger partial charge in [0.05, 0.1) is 11.9 Å². The fourth-order valence-electron chi connectivity index (χ4n) is 11.1. The first kappa shape index (κ1) is 35.6. The van der Waals surface area contributed by atoms with E-state index in [2.05, 4.69) is 167 Å². The van der Waals surface area contributed by atoms with E-state index in [1.165, 1.54) is 45.3 Å². The predicted molar refractivity (Wildman–Crippen MR) is 229 cm³/mol. The number of hydrogen-bond donors (Lipinski definition) is 0. The first-order valence-electron chi connectivity index (χ1n) is 20.6. The average Bonchev–Trinajstić information content (AvgIpc) is 3.66. The quantitative estimate of drug-likeness (QED) is 0.155. The summed E-state index contributed by atoms with van der Waals surface area (Å²) < 4.78 is 6.68. The molecule has 0 bridgehead atoms. The van der Waals surface area contributed by atoms with Gasteiger partial charge in [0, 0.05) is 52.1 Å².